The van der Waals surface area contributed by atoms with Gasteiger partial charge in [-0.2, -0.15) is 0 Å². The molecule has 0 saturated heterocycles. The molecular weight excluding hydrogens is 537 g/mol. The second-order valence-electron chi connectivity index (χ2n) is 8.20. The molecule has 0 bridgehead atoms. The van der Waals surface area contributed by atoms with Gasteiger partial charge in [-0.25, -0.2) is 0 Å². The van der Waals surface area contributed by atoms with Crippen molar-refractivity contribution < 1.29 is 22.0 Å². The zero-order valence-electron chi connectivity index (χ0n) is 18.4. The Labute approximate surface area is 191 Å². The van der Waals surface area contributed by atoms with Crippen LogP contribution >= 0.6 is 11.6 Å². The average molecular weight is 568 g/mol. The van der Waals surface area contributed by atoms with Gasteiger partial charge in [-0.3, -0.25) is 0 Å². The summed E-state index contributed by atoms with van der Waals surface area (Å²) in [5.74, 6) is -9.56. The predicted octanol–water partition coefficient (Wildman–Crippen LogP) is 8.76. The molecule has 0 aliphatic rings. The van der Waals surface area contributed by atoms with Crippen molar-refractivity contribution in [3.63, 3.8) is 0 Å². The van der Waals surface area contributed by atoms with Gasteiger partial charge in [0.2, 0.25) is 0 Å². The summed E-state index contributed by atoms with van der Waals surface area (Å²) in [6, 6.07) is 4.67. The zero-order valence-corrected chi connectivity index (χ0v) is 22.0. The van der Waals surface area contributed by atoms with Gasteiger partial charge >= 0.3 is 192 Å². The first-order valence-corrected chi connectivity index (χ1v) is 18.9. The zero-order chi connectivity index (χ0) is 23.2. The Hall–Kier alpha value is -0.821. The average Bonchev–Trinajstić information content (AvgIpc) is 2.76. The summed E-state index contributed by atoms with van der Waals surface area (Å²) in [6.07, 6.45) is 5.81. The Kier molecular flexibility index (Phi) is 10.1. The van der Waals surface area contributed by atoms with Crippen LogP contribution in [0.3, 0.4) is 0 Å². The van der Waals surface area contributed by atoms with Crippen molar-refractivity contribution in [3.05, 3.63) is 52.3 Å². The minimum atomic E-state index is -3.38. The molecule has 172 valence electrons. The quantitative estimate of drug-likeness (QED) is 0.110. The van der Waals surface area contributed by atoms with E-state index in [-0.39, 0.29) is 5.56 Å². The van der Waals surface area contributed by atoms with Crippen LogP contribution in [0, 0.1) is 29.1 Å². The van der Waals surface area contributed by atoms with E-state index < -0.39 is 53.0 Å². The predicted molar refractivity (Wildman–Crippen MR) is 121 cm³/mol. The molecule has 0 nitrogen and oxygen atoms in total. The van der Waals surface area contributed by atoms with Gasteiger partial charge in [0.05, 0.1) is 0 Å². The van der Waals surface area contributed by atoms with Crippen LogP contribution in [-0.2, 0) is 0 Å². The molecule has 0 saturated carbocycles. The van der Waals surface area contributed by atoms with E-state index in [0.717, 1.165) is 51.8 Å². The standard InChI is InChI=1S/C12H3ClF5.3C4H9.Sn/c13-6-3-1-2-5(4-6)7-8(14)10(16)12(18)11(17)9(7)15;3*1-3-4-2;/h1-3H;3*1,3-4H2,2H3;. The van der Waals surface area contributed by atoms with Gasteiger partial charge in [-0.15, -0.1) is 0 Å². The van der Waals surface area contributed by atoms with Crippen LogP contribution < -0.4 is 3.58 Å². The summed E-state index contributed by atoms with van der Waals surface area (Å²) in [5, 5.41) is 0.389. The minimum absolute atomic E-state index is 0.0828. The van der Waals surface area contributed by atoms with Gasteiger partial charge in [0, 0.05) is 0 Å². The van der Waals surface area contributed by atoms with Crippen LogP contribution in [0.2, 0.25) is 18.3 Å². The van der Waals surface area contributed by atoms with E-state index in [2.05, 4.69) is 20.8 Å². The fraction of sp³-hybridized carbons (Fsp3) is 0.500. The molecule has 0 heterocycles. The van der Waals surface area contributed by atoms with Crippen molar-refractivity contribution in [1.29, 1.82) is 0 Å². The third-order valence-corrected chi connectivity index (χ3v) is 22.6. The molecule has 2 aromatic rings. The summed E-state index contributed by atoms with van der Waals surface area (Å²) in [4.78, 5) is 0. The van der Waals surface area contributed by atoms with E-state index >= 15 is 0 Å². The Morgan fingerprint density at radius 2 is 1.10 bits per heavy atom. The van der Waals surface area contributed by atoms with Crippen LogP contribution in [0.5, 0.6) is 0 Å². The van der Waals surface area contributed by atoms with Crippen molar-refractivity contribution in [3.8, 4) is 11.1 Å². The van der Waals surface area contributed by atoms with Crippen LogP contribution in [0.4, 0.5) is 22.0 Å². The fourth-order valence-electron chi connectivity index (χ4n) is 4.41. The monoisotopic (exact) mass is 568 g/mol. The van der Waals surface area contributed by atoms with Crippen LogP contribution in [0.25, 0.3) is 11.1 Å². The molecule has 0 amide bonds. The number of benzene rings is 2. The Balaban J connectivity index is 2.87. The molecule has 0 atom stereocenters. The molecule has 0 spiro atoms. The number of hydrogen-bond donors (Lipinski definition) is 0. The molecule has 0 N–H and O–H groups in total. The van der Waals surface area contributed by atoms with Crippen molar-refractivity contribution in [1.82, 2.24) is 0 Å². The van der Waals surface area contributed by atoms with Crippen molar-refractivity contribution in [2.24, 2.45) is 0 Å². The SMILES string of the molecule is CCC[CH2][Sn]([CH2]CCC)([CH2]CCC)[c]1c(Cl)cccc1-c1c(F)c(F)c(F)c(F)c1F. The second kappa shape index (κ2) is 11.9. The summed E-state index contributed by atoms with van der Waals surface area (Å²) >= 11 is 3.28. The van der Waals surface area contributed by atoms with Crippen LogP contribution in [0.1, 0.15) is 59.3 Å². The molecule has 7 heteroatoms. The Bertz CT molecular complexity index is 849. The number of unbranched alkanes of at least 4 members (excludes halogenated alkanes) is 3. The molecule has 0 radical (unpaired) electrons. The molecular formula is C24H30ClF5Sn. The molecule has 0 aromatic heterocycles. The first kappa shape index (κ1) is 26.4. The van der Waals surface area contributed by atoms with Crippen molar-refractivity contribution >= 4 is 33.6 Å². The molecule has 2 rings (SSSR count). The first-order chi connectivity index (χ1) is 14.8. The van der Waals surface area contributed by atoms with Gasteiger partial charge in [-0.1, -0.05) is 0 Å². The third-order valence-electron chi connectivity index (χ3n) is 6.05. The fourth-order valence-corrected chi connectivity index (χ4v) is 22.9. The van der Waals surface area contributed by atoms with Gasteiger partial charge in [-0.05, 0) is 0 Å². The van der Waals surface area contributed by atoms with Gasteiger partial charge in [0.15, 0.2) is 0 Å². The maximum absolute atomic E-state index is 14.8. The van der Waals surface area contributed by atoms with Crippen LogP contribution in [-0.4, -0.2) is 18.4 Å². The maximum atomic E-state index is 14.8. The van der Waals surface area contributed by atoms with Crippen molar-refractivity contribution in [2.75, 3.05) is 0 Å². The molecule has 0 fully saturated rings. The van der Waals surface area contributed by atoms with E-state index in [1.165, 1.54) is 12.1 Å². The normalized spacial score (nSPS) is 11.9. The number of rotatable bonds is 11. The number of hydrogen-bond acceptors (Lipinski definition) is 0. The van der Waals surface area contributed by atoms with Gasteiger partial charge < -0.3 is 0 Å². The Morgan fingerprint density at radius 1 is 0.677 bits per heavy atom. The molecule has 0 aliphatic carbocycles. The van der Waals surface area contributed by atoms with E-state index in [9.17, 15) is 22.0 Å². The molecule has 0 unspecified atom stereocenters. The number of halogens is 6. The molecule has 0 aliphatic heterocycles. The van der Waals surface area contributed by atoms with E-state index in [0.29, 0.717) is 8.60 Å². The molecule has 31 heavy (non-hydrogen) atoms. The first-order valence-electron chi connectivity index (χ1n) is 11.1. The van der Waals surface area contributed by atoms with E-state index in [1.807, 2.05) is 0 Å². The summed E-state index contributed by atoms with van der Waals surface area (Å²) < 4.78 is 74.9. The topological polar surface area (TPSA) is 0 Å². The van der Waals surface area contributed by atoms with Crippen LogP contribution in [0.15, 0.2) is 18.2 Å². The van der Waals surface area contributed by atoms with Gasteiger partial charge in [0.1, 0.15) is 0 Å². The van der Waals surface area contributed by atoms with E-state index in [1.54, 1.807) is 6.07 Å². The third kappa shape index (κ3) is 5.57. The summed E-state index contributed by atoms with van der Waals surface area (Å²) in [6.45, 7) is 6.27. The van der Waals surface area contributed by atoms with Crippen molar-refractivity contribution in [2.45, 2.75) is 72.6 Å². The van der Waals surface area contributed by atoms with E-state index in [4.69, 9.17) is 11.6 Å². The van der Waals surface area contributed by atoms with Gasteiger partial charge in [0.25, 0.3) is 0 Å². The molecule has 2 aromatic carbocycles. The Morgan fingerprint density at radius 3 is 1.52 bits per heavy atom. The second-order valence-corrected chi connectivity index (χ2v) is 21.6. The summed E-state index contributed by atoms with van der Waals surface area (Å²) in [7, 11) is 0. The summed E-state index contributed by atoms with van der Waals surface area (Å²) in [5.41, 5.74) is -0.765.